The fraction of sp³-hybridized carbons (Fsp3) is 0.125. The first-order valence-corrected chi connectivity index (χ1v) is 7.78. The molecule has 0 unspecified atom stereocenters. The van der Waals surface area contributed by atoms with Gasteiger partial charge in [-0.1, -0.05) is 18.2 Å². The third-order valence-corrected chi connectivity index (χ3v) is 3.58. The average Bonchev–Trinajstić information content (AvgIpc) is 2.48. The highest BCUT2D eigenvalue weighted by atomic mass is 127. The quantitative estimate of drug-likeness (QED) is 0.668. The maximum Gasteiger partial charge on any atom is 0.231 e. The van der Waals surface area contributed by atoms with Crippen molar-refractivity contribution >= 4 is 39.4 Å². The maximum absolute atomic E-state index is 5.96. The largest absolute Gasteiger partial charge is 0.438 e. The number of aromatic nitrogens is 2. The van der Waals surface area contributed by atoms with E-state index in [1.54, 1.807) is 0 Å². The van der Waals surface area contributed by atoms with Crippen LogP contribution in [0.25, 0.3) is 10.9 Å². The lowest BCUT2D eigenvalue weighted by molar-refractivity contribution is 0.468. The van der Waals surface area contributed by atoms with E-state index in [2.05, 4.69) is 37.9 Å². The zero-order valence-electron chi connectivity index (χ0n) is 11.5. The standard InChI is InChI=1S/C16H14IN3O/c1-2-18-16-19-14-9-4-3-8-13(14)15(20-16)21-12-7-5-6-11(17)10-12/h3-10H,2H2,1H3,(H,18,19,20). The number of fused-ring (bicyclic) bond motifs is 1. The van der Waals surface area contributed by atoms with Crippen LogP contribution in [0.4, 0.5) is 5.95 Å². The molecule has 0 radical (unpaired) electrons. The number of benzene rings is 2. The summed E-state index contributed by atoms with van der Waals surface area (Å²) in [6.07, 6.45) is 0. The minimum atomic E-state index is 0.568. The van der Waals surface area contributed by atoms with Crippen molar-refractivity contribution in [1.82, 2.24) is 9.97 Å². The summed E-state index contributed by atoms with van der Waals surface area (Å²) in [4.78, 5) is 8.95. The van der Waals surface area contributed by atoms with Crippen molar-refractivity contribution in [1.29, 1.82) is 0 Å². The molecule has 0 aliphatic carbocycles. The van der Waals surface area contributed by atoms with E-state index in [1.807, 2.05) is 55.5 Å². The minimum Gasteiger partial charge on any atom is -0.438 e. The van der Waals surface area contributed by atoms with Gasteiger partial charge in [-0.15, -0.1) is 0 Å². The molecule has 1 heterocycles. The van der Waals surface area contributed by atoms with E-state index in [0.717, 1.165) is 26.8 Å². The Morgan fingerprint density at radius 1 is 1.10 bits per heavy atom. The predicted octanol–water partition coefficient (Wildman–Crippen LogP) is 4.46. The summed E-state index contributed by atoms with van der Waals surface area (Å²) >= 11 is 2.26. The first-order valence-electron chi connectivity index (χ1n) is 6.70. The van der Waals surface area contributed by atoms with Crippen LogP contribution in [0.5, 0.6) is 11.6 Å². The van der Waals surface area contributed by atoms with Crippen molar-refractivity contribution in [3.8, 4) is 11.6 Å². The molecule has 0 aliphatic heterocycles. The third kappa shape index (κ3) is 3.24. The van der Waals surface area contributed by atoms with Crippen molar-refractivity contribution in [2.24, 2.45) is 0 Å². The maximum atomic E-state index is 5.96. The van der Waals surface area contributed by atoms with Gasteiger partial charge in [0.15, 0.2) is 0 Å². The van der Waals surface area contributed by atoms with Crippen LogP contribution >= 0.6 is 22.6 Å². The smallest absolute Gasteiger partial charge is 0.231 e. The molecule has 0 aliphatic rings. The zero-order valence-corrected chi connectivity index (χ0v) is 13.7. The number of anilines is 1. The SMILES string of the molecule is CCNc1nc(Oc2cccc(I)c2)c2ccccc2n1. The summed E-state index contributed by atoms with van der Waals surface area (Å²) in [6, 6.07) is 15.7. The normalized spacial score (nSPS) is 10.6. The molecule has 106 valence electrons. The molecule has 0 bridgehead atoms. The zero-order chi connectivity index (χ0) is 14.7. The first kappa shape index (κ1) is 14.1. The fourth-order valence-electron chi connectivity index (χ4n) is 2.00. The molecule has 2 aromatic carbocycles. The molecule has 0 spiro atoms. The van der Waals surface area contributed by atoms with Gasteiger partial charge in [0, 0.05) is 10.1 Å². The lowest BCUT2D eigenvalue weighted by atomic mass is 10.2. The van der Waals surface area contributed by atoms with Crippen LogP contribution in [-0.4, -0.2) is 16.5 Å². The summed E-state index contributed by atoms with van der Waals surface area (Å²) in [6.45, 7) is 2.78. The monoisotopic (exact) mass is 391 g/mol. The molecular formula is C16H14IN3O. The summed E-state index contributed by atoms with van der Waals surface area (Å²) in [5.41, 5.74) is 0.865. The lowest BCUT2D eigenvalue weighted by Crippen LogP contribution is -2.03. The number of rotatable bonds is 4. The number of para-hydroxylation sites is 1. The molecule has 5 heteroatoms. The molecule has 0 amide bonds. The first-order chi connectivity index (χ1) is 10.3. The second-order valence-electron chi connectivity index (χ2n) is 4.46. The molecule has 21 heavy (non-hydrogen) atoms. The van der Waals surface area contributed by atoms with Crippen LogP contribution < -0.4 is 10.1 Å². The Kier molecular flexibility index (Phi) is 4.19. The fourth-order valence-corrected chi connectivity index (χ4v) is 2.52. The van der Waals surface area contributed by atoms with Gasteiger partial charge in [0.2, 0.25) is 11.8 Å². The van der Waals surface area contributed by atoms with Gasteiger partial charge in [-0.05, 0) is 59.8 Å². The van der Waals surface area contributed by atoms with Crippen LogP contribution in [0.1, 0.15) is 6.92 Å². The van der Waals surface area contributed by atoms with E-state index >= 15 is 0 Å². The molecule has 1 aromatic heterocycles. The van der Waals surface area contributed by atoms with Crippen molar-refractivity contribution in [2.75, 3.05) is 11.9 Å². The molecule has 0 atom stereocenters. The Morgan fingerprint density at radius 3 is 2.76 bits per heavy atom. The van der Waals surface area contributed by atoms with Crippen molar-refractivity contribution in [2.45, 2.75) is 6.92 Å². The molecule has 0 saturated heterocycles. The highest BCUT2D eigenvalue weighted by Crippen LogP contribution is 2.29. The van der Waals surface area contributed by atoms with E-state index in [-0.39, 0.29) is 0 Å². The lowest BCUT2D eigenvalue weighted by Gasteiger charge is -2.10. The van der Waals surface area contributed by atoms with Gasteiger partial charge in [-0.3, -0.25) is 0 Å². The number of hydrogen-bond acceptors (Lipinski definition) is 4. The van der Waals surface area contributed by atoms with Crippen molar-refractivity contribution < 1.29 is 4.74 Å². The van der Waals surface area contributed by atoms with Crippen molar-refractivity contribution in [3.05, 3.63) is 52.1 Å². The van der Waals surface area contributed by atoms with Crippen LogP contribution in [0.15, 0.2) is 48.5 Å². The molecule has 1 N–H and O–H groups in total. The Balaban J connectivity index is 2.07. The molecular weight excluding hydrogens is 377 g/mol. The molecule has 0 saturated carbocycles. The van der Waals surface area contributed by atoms with Crippen molar-refractivity contribution in [3.63, 3.8) is 0 Å². The van der Waals surface area contributed by atoms with Crippen LogP contribution in [0, 0.1) is 3.57 Å². The number of ether oxygens (including phenoxy) is 1. The Morgan fingerprint density at radius 2 is 1.95 bits per heavy atom. The van der Waals surface area contributed by atoms with E-state index in [0.29, 0.717) is 11.8 Å². The molecule has 3 rings (SSSR count). The Hall–Kier alpha value is -1.89. The summed E-state index contributed by atoms with van der Waals surface area (Å²) in [5.74, 6) is 1.92. The van der Waals surface area contributed by atoms with E-state index in [9.17, 15) is 0 Å². The number of halogens is 1. The second kappa shape index (κ2) is 6.26. The van der Waals surface area contributed by atoms with Gasteiger partial charge in [0.05, 0.1) is 10.9 Å². The van der Waals surface area contributed by atoms with Crippen LogP contribution in [0.3, 0.4) is 0 Å². The summed E-state index contributed by atoms with van der Waals surface area (Å²) in [5, 5.41) is 4.03. The third-order valence-electron chi connectivity index (χ3n) is 2.91. The second-order valence-corrected chi connectivity index (χ2v) is 5.70. The molecule has 0 fully saturated rings. The van der Waals surface area contributed by atoms with E-state index in [4.69, 9.17) is 4.74 Å². The number of nitrogens with one attached hydrogen (secondary N) is 1. The average molecular weight is 391 g/mol. The number of nitrogens with zero attached hydrogens (tertiary/aromatic N) is 2. The minimum absolute atomic E-state index is 0.568. The summed E-state index contributed by atoms with van der Waals surface area (Å²) in [7, 11) is 0. The van der Waals surface area contributed by atoms with Gasteiger partial charge in [0.25, 0.3) is 0 Å². The van der Waals surface area contributed by atoms with Crippen LogP contribution in [-0.2, 0) is 0 Å². The highest BCUT2D eigenvalue weighted by Gasteiger charge is 2.09. The predicted molar refractivity (Wildman–Crippen MR) is 92.9 cm³/mol. The van der Waals surface area contributed by atoms with Crippen LogP contribution in [0.2, 0.25) is 0 Å². The van der Waals surface area contributed by atoms with Gasteiger partial charge >= 0.3 is 0 Å². The van der Waals surface area contributed by atoms with E-state index in [1.165, 1.54) is 0 Å². The molecule has 4 nitrogen and oxygen atoms in total. The highest BCUT2D eigenvalue weighted by molar-refractivity contribution is 14.1. The van der Waals surface area contributed by atoms with Gasteiger partial charge in [-0.25, -0.2) is 4.98 Å². The molecule has 3 aromatic rings. The van der Waals surface area contributed by atoms with Gasteiger partial charge in [-0.2, -0.15) is 4.98 Å². The summed E-state index contributed by atoms with van der Waals surface area (Å²) < 4.78 is 7.08. The van der Waals surface area contributed by atoms with Gasteiger partial charge < -0.3 is 10.1 Å². The topological polar surface area (TPSA) is 47.0 Å². The number of hydrogen-bond donors (Lipinski definition) is 1. The van der Waals surface area contributed by atoms with Gasteiger partial charge in [0.1, 0.15) is 5.75 Å². The van der Waals surface area contributed by atoms with E-state index < -0.39 is 0 Å². The Labute approximate surface area is 136 Å². The Bertz CT molecular complexity index is 776.